The molecule has 3 rings (SSSR count). The molecule has 1 unspecified atom stereocenters. The normalized spacial score (nSPS) is 15.0. The van der Waals surface area contributed by atoms with Gasteiger partial charge in [0.2, 0.25) is 0 Å². The maximum absolute atomic E-state index is 10.4. The molecule has 2 aromatic carbocycles. The molecule has 1 heteroatoms. The zero-order chi connectivity index (χ0) is 14.8. The lowest BCUT2D eigenvalue weighted by Gasteiger charge is -2.14. The van der Waals surface area contributed by atoms with Crippen LogP contribution in [0.4, 0.5) is 0 Å². The number of aliphatic hydroxyl groups is 1. The summed E-state index contributed by atoms with van der Waals surface area (Å²) in [5, 5.41) is 10.4. The van der Waals surface area contributed by atoms with E-state index in [1.165, 1.54) is 52.6 Å². The van der Waals surface area contributed by atoms with E-state index < -0.39 is 0 Å². The van der Waals surface area contributed by atoms with Gasteiger partial charge in [0, 0.05) is 0 Å². The van der Waals surface area contributed by atoms with Crippen molar-refractivity contribution in [3.05, 3.63) is 69.8 Å². The molecule has 0 aliphatic heterocycles. The van der Waals surface area contributed by atoms with Crippen LogP contribution in [0.5, 0.6) is 0 Å². The Balaban J connectivity index is 1.69. The van der Waals surface area contributed by atoms with Gasteiger partial charge in [-0.2, -0.15) is 0 Å². The van der Waals surface area contributed by atoms with Crippen LogP contribution < -0.4 is 0 Å². The average molecular weight is 280 g/mol. The Morgan fingerprint density at radius 2 is 1.76 bits per heavy atom. The van der Waals surface area contributed by atoms with E-state index in [-0.39, 0.29) is 6.10 Å². The molecule has 0 amide bonds. The van der Waals surface area contributed by atoms with Gasteiger partial charge in [-0.15, -0.1) is 0 Å². The van der Waals surface area contributed by atoms with Crippen LogP contribution in [0.25, 0.3) is 0 Å². The summed E-state index contributed by atoms with van der Waals surface area (Å²) in [6.07, 6.45) is 4.90. The fourth-order valence-corrected chi connectivity index (χ4v) is 3.37. The molecular weight excluding hydrogens is 256 g/mol. The third-order valence-electron chi connectivity index (χ3n) is 4.59. The van der Waals surface area contributed by atoms with Crippen molar-refractivity contribution in [1.82, 2.24) is 0 Å². The minimum absolute atomic E-state index is 0.301. The first kappa shape index (κ1) is 14.3. The van der Waals surface area contributed by atoms with Crippen molar-refractivity contribution >= 4 is 0 Å². The Morgan fingerprint density at radius 1 is 0.952 bits per heavy atom. The monoisotopic (exact) mass is 280 g/mol. The summed E-state index contributed by atoms with van der Waals surface area (Å²) in [7, 11) is 0. The number of rotatable bonds is 4. The van der Waals surface area contributed by atoms with Crippen molar-refractivity contribution < 1.29 is 5.11 Å². The molecule has 0 radical (unpaired) electrons. The van der Waals surface area contributed by atoms with Gasteiger partial charge in [0.1, 0.15) is 0 Å². The van der Waals surface area contributed by atoms with Crippen molar-refractivity contribution in [2.24, 2.45) is 0 Å². The Kier molecular flexibility index (Phi) is 4.12. The van der Waals surface area contributed by atoms with Gasteiger partial charge < -0.3 is 5.11 Å². The van der Waals surface area contributed by atoms with Crippen molar-refractivity contribution in [2.45, 2.75) is 52.1 Å². The lowest BCUT2D eigenvalue weighted by Crippen LogP contribution is -2.15. The first-order valence-corrected chi connectivity index (χ1v) is 7.96. The van der Waals surface area contributed by atoms with Crippen molar-refractivity contribution in [3.8, 4) is 0 Å². The molecule has 0 heterocycles. The van der Waals surface area contributed by atoms with Crippen LogP contribution in [-0.4, -0.2) is 11.2 Å². The van der Waals surface area contributed by atoms with Crippen molar-refractivity contribution in [1.29, 1.82) is 0 Å². The topological polar surface area (TPSA) is 20.2 Å². The van der Waals surface area contributed by atoms with Crippen LogP contribution in [0.3, 0.4) is 0 Å². The second kappa shape index (κ2) is 6.03. The molecule has 0 bridgehead atoms. The van der Waals surface area contributed by atoms with E-state index in [0.29, 0.717) is 0 Å². The lowest BCUT2D eigenvalue weighted by atomic mass is 9.96. The predicted octanol–water partition coefficient (Wildman–Crippen LogP) is 3.94. The zero-order valence-electron chi connectivity index (χ0n) is 13.0. The number of fused-ring (bicyclic) bond motifs is 1. The summed E-state index contributed by atoms with van der Waals surface area (Å²) in [6, 6.07) is 13.2. The minimum Gasteiger partial charge on any atom is -0.392 e. The van der Waals surface area contributed by atoms with Crippen molar-refractivity contribution in [2.75, 3.05) is 0 Å². The van der Waals surface area contributed by atoms with Crippen LogP contribution in [0.15, 0.2) is 36.4 Å². The molecule has 0 saturated heterocycles. The van der Waals surface area contributed by atoms with Gasteiger partial charge in [0.05, 0.1) is 6.10 Å². The number of aryl methyl sites for hydroxylation is 4. The van der Waals surface area contributed by atoms with Gasteiger partial charge in [-0.3, -0.25) is 0 Å². The number of hydrogen-bond acceptors (Lipinski definition) is 1. The predicted molar refractivity (Wildman–Crippen MR) is 87.8 cm³/mol. The molecule has 1 atom stereocenters. The van der Waals surface area contributed by atoms with Gasteiger partial charge in [-0.05, 0) is 73.8 Å². The molecule has 0 saturated carbocycles. The highest BCUT2D eigenvalue weighted by Gasteiger charge is 2.13. The highest BCUT2D eigenvalue weighted by molar-refractivity contribution is 5.36. The fraction of sp³-hybridized carbons (Fsp3) is 0.400. The van der Waals surface area contributed by atoms with Gasteiger partial charge in [0.25, 0.3) is 0 Å². The van der Waals surface area contributed by atoms with Crippen LogP contribution in [0.2, 0.25) is 0 Å². The molecule has 0 fully saturated rings. The lowest BCUT2D eigenvalue weighted by molar-refractivity contribution is 0.175. The maximum atomic E-state index is 10.4. The number of benzene rings is 2. The standard InChI is InChI=1S/C20H24O/c1-14-6-7-15(2)19(10-14)13-20(21)12-16-8-9-17-4-3-5-18(17)11-16/h6-11,20-21H,3-5,12-13H2,1-2H3. The fourth-order valence-electron chi connectivity index (χ4n) is 3.37. The summed E-state index contributed by atoms with van der Waals surface area (Å²) < 4.78 is 0. The van der Waals surface area contributed by atoms with Crippen LogP contribution in [0, 0.1) is 13.8 Å². The Labute approximate surface area is 127 Å². The SMILES string of the molecule is Cc1ccc(C)c(CC(O)Cc2ccc3c(c2)CCC3)c1. The van der Waals surface area contributed by atoms with Gasteiger partial charge in [-0.1, -0.05) is 42.0 Å². The molecule has 0 spiro atoms. The quantitative estimate of drug-likeness (QED) is 0.899. The van der Waals surface area contributed by atoms with E-state index in [1.54, 1.807) is 0 Å². The zero-order valence-corrected chi connectivity index (χ0v) is 13.0. The molecule has 1 nitrogen and oxygen atoms in total. The number of aliphatic hydroxyl groups excluding tert-OH is 1. The van der Waals surface area contributed by atoms with Gasteiger partial charge in [-0.25, -0.2) is 0 Å². The highest BCUT2D eigenvalue weighted by atomic mass is 16.3. The summed E-state index contributed by atoms with van der Waals surface area (Å²) in [5.74, 6) is 0. The highest BCUT2D eigenvalue weighted by Crippen LogP contribution is 2.24. The van der Waals surface area contributed by atoms with Gasteiger partial charge >= 0.3 is 0 Å². The Hall–Kier alpha value is -1.60. The number of hydrogen-bond donors (Lipinski definition) is 1. The van der Waals surface area contributed by atoms with Crippen LogP contribution >= 0.6 is 0 Å². The van der Waals surface area contributed by atoms with E-state index in [9.17, 15) is 5.11 Å². The molecule has 2 aromatic rings. The second-order valence-electron chi connectivity index (χ2n) is 6.45. The molecule has 0 aromatic heterocycles. The summed E-state index contributed by atoms with van der Waals surface area (Å²) in [4.78, 5) is 0. The van der Waals surface area contributed by atoms with E-state index in [1.807, 2.05) is 0 Å². The van der Waals surface area contributed by atoms with Crippen molar-refractivity contribution in [3.63, 3.8) is 0 Å². The minimum atomic E-state index is -0.301. The Morgan fingerprint density at radius 3 is 2.62 bits per heavy atom. The molecular formula is C20H24O. The smallest absolute Gasteiger partial charge is 0.0620 e. The van der Waals surface area contributed by atoms with E-state index in [2.05, 4.69) is 50.2 Å². The van der Waals surface area contributed by atoms with Crippen LogP contribution in [-0.2, 0) is 25.7 Å². The molecule has 1 N–H and O–H groups in total. The summed E-state index contributed by atoms with van der Waals surface area (Å²) in [6.45, 7) is 4.23. The first-order chi connectivity index (χ1) is 10.1. The van der Waals surface area contributed by atoms with E-state index >= 15 is 0 Å². The van der Waals surface area contributed by atoms with E-state index in [4.69, 9.17) is 0 Å². The first-order valence-electron chi connectivity index (χ1n) is 7.96. The molecule has 21 heavy (non-hydrogen) atoms. The largest absolute Gasteiger partial charge is 0.392 e. The maximum Gasteiger partial charge on any atom is 0.0620 e. The van der Waals surface area contributed by atoms with Gasteiger partial charge in [0.15, 0.2) is 0 Å². The van der Waals surface area contributed by atoms with Crippen LogP contribution in [0.1, 0.15) is 39.8 Å². The second-order valence-corrected chi connectivity index (χ2v) is 6.45. The Bertz CT molecular complexity index is 642. The molecule has 110 valence electrons. The molecule has 1 aliphatic rings. The third-order valence-corrected chi connectivity index (χ3v) is 4.59. The van der Waals surface area contributed by atoms with E-state index in [0.717, 1.165) is 12.8 Å². The summed E-state index contributed by atoms with van der Waals surface area (Å²) in [5.41, 5.74) is 8.07. The average Bonchev–Trinajstić information content (AvgIpc) is 2.90. The third kappa shape index (κ3) is 3.36. The summed E-state index contributed by atoms with van der Waals surface area (Å²) >= 11 is 0. The molecule has 1 aliphatic carbocycles.